The number of rotatable bonds is 7. The van der Waals surface area contributed by atoms with Gasteiger partial charge < -0.3 is 10.5 Å². The van der Waals surface area contributed by atoms with Crippen LogP contribution in [0.25, 0.3) is 0 Å². The molecule has 2 N–H and O–H groups in total. The summed E-state index contributed by atoms with van der Waals surface area (Å²) in [6.45, 7) is 4.13. The first kappa shape index (κ1) is 11.5. The smallest absolute Gasteiger partial charge is 0.180 e. The Bertz CT molecular complexity index is 323. The third-order valence-corrected chi connectivity index (χ3v) is 2.78. The molecule has 1 unspecified atom stereocenters. The third kappa shape index (κ3) is 2.56. The predicted octanol–water partition coefficient (Wildman–Crippen LogP) is 0.509. The van der Waals surface area contributed by atoms with Crippen molar-refractivity contribution >= 4 is 0 Å². The molecule has 1 aliphatic rings. The quantitative estimate of drug-likeness (QED) is 0.731. The molecule has 1 atom stereocenters. The summed E-state index contributed by atoms with van der Waals surface area (Å²) in [7, 11) is 0. The van der Waals surface area contributed by atoms with Crippen molar-refractivity contribution in [2.24, 2.45) is 11.7 Å². The van der Waals surface area contributed by atoms with Crippen LogP contribution in [0, 0.1) is 5.92 Å². The topological polar surface area (TPSA) is 78.9 Å². The second kappa shape index (κ2) is 5.36. The molecule has 6 heteroatoms. The zero-order valence-electron chi connectivity index (χ0n) is 9.67. The maximum Gasteiger partial charge on any atom is 0.180 e. The molecule has 1 aliphatic carbocycles. The van der Waals surface area contributed by atoms with Crippen molar-refractivity contribution in [2.75, 3.05) is 13.2 Å². The Hall–Kier alpha value is -1.01. The predicted molar refractivity (Wildman–Crippen MR) is 58.6 cm³/mol. The molecule has 0 bridgehead atoms. The lowest BCUT2D eigenvalue weighted by atomic mass is 10.2. The summed E-state index contributed by atoms with van der Waals surface area (Å²) >= 11 is 0. The molecular formula is C10H19N5O. The van der Waals surface area contributed by atoms with Gasteiger partial charge in [0.15, 0.2) is 5.82 Å². The Balaban J connectivity index is 2.07. The van der Waals surface area contributed by atoms with Gasteiger partial charge in [-0.3, -0.25) is 0 Å². The SMILES string of the molecule is CCOC(c1nnnn1CCCN)C1CC1. The Morgan fingerprint density at radius 2 is 2.38 bits per heavy atom. The molecule has 0 saturated heterocycles. The average Bonchev–Trinajstić information content (AvgIpc) is 3.02. The third-order valence-electron chi connectivity index (χ3n) is 2.78. The number of aryl methyl sites for hydroxylation is 1. The number of nitrogens with zero attached hydrogens (tertiary/aromatic N) is 4. The van der Waals surface area contributed by atoms with E-state index in [0.717, 1.165) is 18.8 Å². The lowest BCUT2D eigenvalue weighted by Crippen LogP contribution is -2.16. The molecule has 1 fully saturated rings. The van der Waals surface area contributed by atoms with Crippen LogP contribution in [-0.4, -0.2) is 33.4 Å². The van der Waals surface area contributed by atoms with E-state index in [1.807, 2.05) is 11.6 Å². The van der Waals surface area contributed by atoms with Gasteiger partial charge in [-0.2, -0.15) is 0 Å². The van der Waals surface area contributed by atoms with Crippen molar-refractivity contribution in [2.45, 2.75) is 38.8 Å². The van der Waals surface area contributed by atoms with Crippen molar-refractivity contribution in [3.63, 3.8) is 0 Å². The molecule has 1 heterocycles. The van der Waals surface area contributed by atoms with Crippen LogP contribution in [0.3, 0.4) is 0 Å². The van der Waals surface area contributed by atoms with Crippen molar-refractivity contribution < 1.29 is 4.74 Å². The summed E-state index contributed by atoms with van der Waals surface area (Å²) in [5, 5.41) is 11.8. The van der Waals surface area contributed by atoms with E-state index in [0.29, 0.717) is 19.1 Å². The first-order valence-corrected chi connectivity index (χ1v) is 5.94. The Morgan fingerprint density at radius 3 is 3.00 bits per heavy atom. The van der Waals surface area contributed by atoms with Gasteiger partial charge in [-0.15, -0.1) is 5.10 Å². The Labute approximate surface area is 95.1 Å². The molecule has 1 aromatic heterocycles. The molecule has 1 saturated carbocycles. The maximum atomic E-state index is 5.74. The van der Waals surface area contributed by atoms with Crippen molar-refractivity contribution in [3.05, 3.63) is 5.82 Å². The van der Waals surface area contributed by atoms with Crippen LogP contribution in [-0.2, 0) is 11.3 Å². The van der Waals surface area contributed by atoms with E-state index in [9.17, 15) is 0 Å². The van der Waals surface area contributed by atoms with Crippen LogP contribution in [0.2, 0.25) is 0 Å². The molecule has 90 valence electrons. The molecule has 0 amide bonds. The number of hydrogen-bond donors (Lipinski definition) is 1. The molecule has 0 radical (unpaired) electrons. The van der Waals surface area contributed by atoms with Gasteiger partial charge in [-0.25, -0.2) is 4.68 Å². The minimum Gasteiger partial charge on any atom is -0.370 e. The zero-order valence-corrected chi connectivity index (χ0v) is 9.67. The van der Waals surface area contributed by atoms with E-state index in [4.69, 9.17) is 10.5 Å². The zero-order chi connectivity index (χ0) is 11.4. The molecule has 0 aromatic carbocycles. The van der Waals surface area contributed by atoms with Crippen molar-refractivity contribution in [1.29, 1.82) is 0 Å². The highest BCUT2D eigenvalue weighted by atomic mass is 16.5. The summed E-state index contributed by atoms with van der Waals surface area (Å²) < 4.78 is 7.56. The highest BCUT2D eigenvalue weighted by Gasteiger charge is 2.36. The molecule has 6 nitrogen and oxygen atoms in total. The standard InChI is InChI=1S/C10H19N5O/c1-2-16-9(8-4-5-8)10-12-13-14-15(10)7-3-6-11/h8-9H,2-7,11H2,1H3. The van der Waals surface area contributed by atoms with Crippen LogP contribution in [0.4, 0.5) is 0 Å². The number of tetrazole rings is 1. The first-order chi connectivity index (χ1) is 7.86. The number of nitrogens with two attached hydrogens (primary N) is 1. The molecule has 0 aliphatic heterocycles. The van der Waals surface area contributed by atoms with E-state index < -0.39 is 0 Å². The number of ether oxygens (including phenoxy) is 1. The van der Waals surface area contributed by atoms with Gasteiger partial charge in [0.05, 0.1) is 0 Å². The van der Waals surface area contributed by atoms with Gasteiger partial charge in [0.25, 0.3) is 0 Å². The second-order valence-corrected chi connectivity index (χ2v) is 4.12. The fourth-order valence-corrected chi connectivity index (χ4v) is 1.82. The normalized spacial score (nSPS) is 17.6. The number of hydrogen-bond acceptors (Lipinski definition) is 5. The fourth-order valence-electron chi connectivity index (χ4n) is 1.82. The lowest BCUT2D eigenvalue weighted by molar-refractivity contribution is 0.0365. The van der Waals surface area contributed by atoms with Gasteiger partial charge in [0.2, 0.25) is 0 Å². The highest BCUT2D eigenvalue weighted by molar-refractivity contribution is 4.97. The van der Waals surface area contributed by atoms with Crippen LogP contribution >= 0.6 is 0 Å². The molecule has 1 aromatic rings. The minimum atomic E-state index is 0.0674. The van der Waals surface area contributed by atoms with Crippen LogP contribution < -0.4 is 5.73 Å². The first-order valence-electron chi connectivity index (χ1n) is 5.94. The van der Waals surface area contributed by atoms with E-state index in [1.165, 1.54) is 12.8 Å². The van der Waals surface area contributed by atoms with Gasteiger partial charge in [0, 0.05) is 13.2 Å². The van der Waals surface area contributed by atoms with E-state index in [2.05, 4.69) is 15.5 Å². The van der Waals surface area contributed by atoms with E-state index in [-0.39, 0.29) is 6.10 Å². The van der Waals surface area contributed by atoms with Gasteiger partial charge in [0.1, 0.15) is 6.10 Å². The lowest BCUT2D eigenvalue weighted by Gasteiger charge is -2.15. The summed E-state index contributed by atoms with van der Waals surface area (Å²) in [5.41, 5.74) is 5.49. The summed E-state index contributed by atoms with van der Waals surface area (Å²) in [5.74, 6) is 1.46. The van der Waals surface area contributed by atoms with Gasteiger partial charge in [-0.05, 0) is 49.1 Å². The van der Waals surface area contributed by atoms with Crippen LogP contribution in [0.1, 0.15) is 38.1 Å². The van der Waals surface area contributed by atoms with E-state index in [1.54, 1.807) is 0 Å². The number of aromatic nitrogens is 4. The minimum absolute atomic E-state index is 0.0674. The summed E-state index contributed by atoms with van der Waals surface area (Å²) in [6.07, 6.45) is 3.39. The van der Waals surface area contributed by atoms with Crippen molar-refractivity contribution in [1.82, 2.24) is 20.2 Å². The second-order valence-electron chi connectivity index (χ2n) is 4.12. The fraction of sp³-hybridized carbons (Fsp3) is 0.900. The van der Waals surface area contributed by atoms with Gasteiger partial charge >= 0.3 is 0 Å². The maximum absolute atomic E-state index is 5.74. The summed E-state index contributed by atoms with van der Waals surface area (Å²) in [4.78, 5) is 0. The highest BCUT2D eigenvalue weighted by Crippen LogP contribution is 2.42. The van der Waals surface area contributed by atoms with Crippen LogP contribution in [0.15, 0.2) is 0 Å². The average molecular weight is 225 g/mol. The largest absolute Gasteiger partial charge is 0.370 e. The monoisotopic (exact) mass is 225 g/mol. The Morgan fingerprint density at radius 1 is 1.56 bits per heavy atom. The van der Waals surface area contributed by atoms with Crippen molar-refractivity contribution in [3.8, 4) is 0 Å². The molecular weight excluding hydrogens is 206 g/mol. The molecule has 16 heavy (non-hydrogen) atoms. The summed E-state index contributed by atoms with van der Waals surface area (Å²) in [6, 6.07) is 0. The Kier molecular flexibility index (Phi) is 3.84. The van der Waals surface area contributed by atoms with Gasteiger partial charge in [-0.1, -0.05) is 0 Å². The molecule has 0 spiro atoms. The molecule has 2 rings (SSSR count). The van der Waals surface area contributed by atoms with E-state index >= 15 is 0 Å². The van der Waals surface area contributed by atoms with Crippen LogP contribution in [0.5, 0.6) is 0 Å².